The van der Waals surface area contributed by atoms with Crippen molar-refractivity contribution in [1.82, 2.24) is 5.32 Å². The van der Waals surface area contributed by atoms with Crippen LogP contribution in [-0.2, 0) is 9.53 Å². The molecule has 0 unspecified atom stereocenters. The quantitative estimate of drug-likeness (QED) is 0.575. The molecule has 16 heavy (non-hydrogen) atoms. The Balaban J connectivity index is 2.57. The average molecular weight is 221 g/mol. The standard InChI is InChI=1S/C12H15NO3/c1-16-12(15)7-8-13-11(9-14)10-5-3-2-4-6-10/h2-8,11,13-14H,9H2,1H3/b8-7+/t11-/m1/s1. The van der Waals surface area contributed by atoms with Gasteiger partial charge in [-0.3, -0.25) is 0 Å². The molecule has 1 atom stereocenters. The van der Waals surface area contributed by atoms with Crippen LogP contribution in [0.15, 0.2) is 42.6 Å². The number of carbonyl (C=O) groups is 1. The van der Waals surface area contributed by atoms with E-state index in [4.69, 9.17) is 0 Å². The van der Waals surface area contributed by atoms with Crippen LogP contribution in [0.5, 0.6) is 0 Å². The van der Waals surface area contributed by atoms with Gasteiger partial charge in [0.15, 0.2) is 0 Å². The van der Waals surface area contributed by atoms with Crippen LogP contribution < -0.4 is 5.32 Å². The van der Waals surface area contributed by atoms with Crippen molar-refractivity contribution in [1.29, 1.82) is 0 Å². The minimum atomic E-state index is -0.433. The molecule has 1 aromatic carbocycles. The fourth-order valence-corrected chi connectivity index (χ4v) is 1.24. The number of methoxy groups -OCH3 is 1. The van der Waals surface area contributed by atoms with Gasteiger partial charge in [-0.15, -0.1) is 0 Å². The molecule has 0 amide bonds. The highest BCUT2D eigenvalue weighted by atomic mass is 16.5. The molecular formula is C12H15NO3. The number of ether oxygens (including phenoxy) is 1. The van der Waals surface area contributed by atoms with Gasteiger partial charge in [-0.25, -0.2) is 4.79 Å². The number of hydrogen-bond donors (Lipinski definition) is 2. The Morgan fingerprint density at radius 2 is 2.19 bits per heavy atom. The summed E-state index contributed by atoms with van der Waals surface area (Å²) < 4.78 is 4.44. The van der Waals surface area contributed by atoms with Gasteiger partial charge in [0.2, 0.25) is 0 Å². The molecule has 0 aliphatic carbocycles. The van der Waals surface area contributed by atoms with Gasteiger partial charge in [0.1, 0.15) is 0 Å². The number of aliphatic hydroxyl groups is 1. The summed E-state index contributed by atoms with van der Waals surface area (Å²) in [5, 5.41) is 12.1. The summed E-state index contributed by atoms with van der Waals surface area (Å²) >= 11 is 0. The van der Waals surface area contributed by atoms with Crippen LogP contribution in [0.2, 0.25) is 0 Å². The number of carbonyl (C=O) groups excluding carboxylic acids is 1. The summed E-state index contributed by atoms with van der Waals surface area (Å²) in [7, 11) is 1.31. The molecule has 2 N–H and O–H groups in total. The van der Waals surface area contributed by atoms with E-state index >= 15 is 0 Å². The first-order chi connectivity index (χ1) is 7.77. The van der Waals surface area contributed by atoms with Crippen LogP contribution in [0, 0.1) is 0 Å². The van der Waals surface area contributed by atoms with Gasteiger partial charge in [-0.2, -0.15) is 0 Å². The van der Waals surface area contributed by atoms with E-state index in [9.17, 15) is 9.90 Å². The van der Waals surface area contributed by atoms with Crippen LogP contribution in [0.1, 0.15) is 11.6 Å². The molecule has 4 heteroatoms. The third-order valence-corrected chi connectivity index (χ3v) is 2.10. The van der Waals surface area contributed by atoms with Crippen molar-refractivity contribution in [3.63, 3.8) is 0 Å². The predicted molar refractivity (Wildman–Crippen MR) is 60.6 cm³/mol. The van der Waals surface area contributed by atoms with Crippen molar-refractivity contribution >= 4 is 5.97 Å². The second kappa shape index (κ2) is 6.63. The minimum Gasteiger partial charge on any atom is -0.466 e. The van der Waals surface area contributed by atoms with Crippen LogP contribution in [-0.4, -0.2) is 24.8 Å². The van der Waals surface area contributed by atoms with Gasteiger partial charge < -0.3 is 15.2 Å². The summed E-state index contributed by atoms with van der Waals surface area (Å²) in [6.45, 7) is -0.0461. The summed E-state index contributed by atoms with van der Waals surface area (Å²) in [4.78, 5) is 10.8. The molecule has 0 aliphatic rings. The highest BCUT2D eigenvalue weighted by molar-refractivity contribution is 5.81. The molecule has 0 aromatic heterocycles. The lowest BCUT2D eigenvalue weighted by Gasteiger charge is -2.14. The SMILES string of the molecule is COC(=O)/C=C/N[C@H](CO)c1ccccc1. The molecule has 0 saturated carbocycles. The van der Waals surface area contributed by atoms with E-state index in [1.165, 1.54) is 19.4 Å². The molecule has 0 radical (unpaired) electrons. The van der Waals surface area contributed by atoms with E-state index in [-0.39, 0.29) is 12.6 Å². The van der Waals surface area contributed by atoms with Gasteiger partial charge in [-0.05, 0) is 5.56 Å². The molecule has 1 rings (SSSR count). The molecule has 0 heterocycles. The number of nitrogens with one attached hydrogen (secondary N) is 1. The van der Waals surface area contributed by atoms with Gasteiger partial charge in [-0.1, -0.05) is 30.3 Å². The van der Waals surface area contributed by atoms with Gasteiger partial charge in [0.25, 0.3) is 0 Å². The van der Waals surface area contributed by atoms with Gasteiger partial charge in [0.05, 0.1) is 19.8 Å². The maximum atomic E-state index is 10.8. The van der Waals surface area contributed by atoms with E-state index in [0.717, 1.165) is 5.56 Å². The van der Waals surface area contributed by atoms with Crippen LogP contribution >= 0.6 is 0 Å². The third-order valence-electron chi connectivity index (χ3n) is 2.10. The monoisotopic (exact) mass is 221 g/mol. The van der Waals surface area contributed by atoms with Crippen molar-refractivity contribution in [2.24, 2.45) is 0 Å². The fourth-order valence-electron chi connectivity index (χ4n) is 1.24. The number of benzene rings is 1. The third kappa shape index (κ3) is 3.74. The lowest BCUT2D eigenvalue weighted by Crippen LogP contribution is -2.19. The first kappa shape index (κ1) is 12.3. The topological polar surface area (TPSA) is 58.6 Å². The predicted octanol–water partition coefficient (Wildman–Crippen LogP) is 0.996. The van der Waals surface area contributed by atoms with Crippen LogP contribution in [0.3, 0.4) is 0 Å². The molecule has 0 fully saturated rings. The summed E-state index contributed by atoms with van der Waals surface area (Å²) in [5.41, 5.74) is 0.958. The lowest BCUT2D eigenvalue weighted by molar-refractivity contribution is -0.134. The van der Waals surface area contributed by atoms with E-state index < -0.39 is 5.97 Å². The summed E-state index contributed by atoms with van der Waals surface area (Å²) in [6.07, 6.45) is 2.74. The van der Waals surface area contributed by atoms with Crippen molar-refractivity contribution in [3.05, 3.63) is 48.2 Å². The summed E-state index contributed by atoms with van der Waals surface area (Å²) in [5.74, 6) is -0.433. The Morgan fingerprint density at radius 1 is 1.50 bits per heavy atom. The average Bonchev–Trinajstić information content (AvgIpc) is 2.35. The maximum absolute atomic E-state index is 10.8. The molecule has 1 aromatic rings. The minimum absolute atomic E-state index is 0.0461. The Kier molecular flexibility index (Phi) is 5.08. The second-order valence-corrected chi connectivity index (χ2v) is 3.17. The Labute approximate surface area is 94.6 Å². The second-order valence-electron chi connectivity index (χ2n) is 3.17. The lowest BCUT2D eigenvalue weighted by atomic mass is 10.1. The smallest absolute Gasteiger partial charge is 0.331 e. The van der Waals surface area contributed by atoms with Crippen molar-refractivity contribution < 1.29 is 14.6 Å². The molecule has 86 valence electrons. The Morgan fingerprint density at radius 3 is 2.75 bits per heavy atom. The van der Waals surface area contributed by atoms with E-state index in [2.05, 4.69) is 10.1 Å². The molecule has 0 spiro atoms. The molecule has 4 nitrogen and oxygen atoms in total. The van der Waals surface area contributed by atoms with E-state index in [0.29, 0.717) is 0 Å². The van der Waals surface area contributed by atoms with Crippen molar-refractivity contribution in [3.8, 4) is 0 Å². The zero-order valence-electron chi connectivity index (χ0n) is 9.09. The first-order valence-electron chi connectivity index (χ1n) is 4.94. The Bertz CT molecular complexity index is 349. The molecule has 0 saturated heterocycles. The largest absolute Gasteiger partial charge is 0.466 e. The molecule has 0 bridgehead atoms. The normalized spacial score (nSPS) is 12.4. The Hall–Kier alpha value is -1.81. The number of hydrogen-bond acceptors (Lipinski definition) is 4. The number of esters is 1. The van der Waals surface area contributed by atoms with E-state index in [1.807, 2.05) is 30.3 Å². The van der Waals surface area contributed by atoms with Gasteiger partial charge in [0, 0.05) is 12.3 Å². The van der Waals surface area contributed by atoms with Crippen molar-refractivity contribution in [2.75, 3.05) is 13.7 Å². The van der Waals surface area contributed by atoms with Crippen LogP contribution in [0.4, 0.5) is 0 Å². The summed E-state index contributed by atoms with van der Waals surface area (Å²) in [6, 6.07) is 9.28. The first-order valence-corrected chi connectivity index (χ1v) is 4.94. The highest BCUT2D eigenvalue weighted by Crippen LogP contribution is 2.10. The maximum Gasteiger partial charge on any atom is 0.331 e. The van der Waals surface area contributed by atoms with E-state index in [1.54, 1.807) is 0 Å². The van der Waals surface area contributed by atoms with Crippen LogP contribution in [0.25, 0.3) is 0 Å². The highest BCUT2D eigenvalue weighted by Gasteiger charge is 2.06. The van der Waals surface area contributed by atoms with Gasteiger partial charge >= 0.3 is 5.97 Å². The number of aliphatic hydroxyl groups excluding tert-OH is 1. The zero-order valence-corrected chi connectivity index (χ0v) is 9.09. The molecule has 0 aliphatic heterocycles. The number of rotatable bonds is 5. The van der Waals surface area contributed by atoms with Crippen molar-refractivity contribution in [2.45, 2.75) is 6.04 Å². The molecular weight excluding hydrogens is 206 g/mol. The fraction of sp³-hybridized carbons (Fsp3) is 0.250. The zero-order chi connectivity index (χ0) is 11.8.